The molecule has 4 rings (SSSR count). The zero-order chi connectivity index (χ0) is 22.5. The van der Waals surface area contributed by atoms with Crippen molar-refractivity contribution in [1.82, 2.24) is 24.6 Å². The molecule has 9 nitrogen and oxygen atoms in total. The molecule has 0 bridgehead atoms. The highest BCUT2D eigenvalue weighted by molar-refractivity contribution is 5.81. The predicted octanol–water partition coefficient (Wildman–Crippen LogP) is 2.24. The van der Waals surface area contributed by atoms with Gasteiger partial charge in [-0.1, -0.05) is 12.1 Å². The van der Waals surface area contributed by atoms with E-state index < -0.39 is 0 Å². The van der Waals surface area contributed by atoms with Gasteiger partial charge in [-0.05, 0) is 32.0 Å². The van der Waals surface area contributed by atoms with Gasteiger partial charge in [-0.15, -0.1) is 0 Å². The van der Waals surface area contributed by atoms with E-state index in [2.05, 4.69) is 20.0 Å². The van der Waals surface area contributed by atoms with Gasteiger partial charge in [0.25, 0.3) is 5.56 Å². The number of anilines is 1. The van der Waals surface area contributed by atoms with Gasteiger partial charge in [0.1, 0.15) is 12.4 Å². The highest BCUT2D eigenvalue weighted by Gasteiger charge is 2.18. The number of nitrogen functional groups attached to an aromatic ring is 1. The fourth-order valence-electron chi connectivity index (χ4n) is 3.62. The van der Waals surface area contributed by atoms with E-state index in [9.17, 15) is 4.79 Å². The summed E-state index contributed by atoms with van der Waals surface area (Å²) in [6.45, 7) is 8.52. The molecule has 1 aliphatic rings. The Kier molecular flexibility index (Phi) is 6.77. The van der Waals surface area contributed by atoms with Crippen molar-refractivity contribution in [3.05, 3.63) is 52.9 Å². The summed E-state index contributed by atoms with van der Waals surface area (Å²) in [4.78, 5) is 23.2. The number of para-hydroxylation sites is 1. The van der Waals surface area contributed by atoms with E-state index in [1.165, 1.54) is 10.7 Å². The Labute approximate surface area is 186 Å². The van der Waals surface area contributed by atoms with Crippen molar-refractivity contribution >= 4 is 5.95 Å². The second kappa shape index (κ2) is 9.88. The molecule has 0 amide bonds. The lowest BCUT2D eigenvalue weighted by atomic mass is 10.0. The lowest BCUT2D eigenvalue weighted by Crippen LogP contribution is -2.38. The van der Waals surface area contributed by atoms with E-state index in [0.29, 0.717) is 29.3 Å². The third-order valence-electron chi connectivity index (χ3n) is 5.31. The highest BCUT2D eigenvalue weighted by atomic mass is 16.5. The Bertz CT molecular complexity index is 1120. The summed E-state index contributed by atoms with van der Waals surface area (Å²) in [5.41, 5.74) is 8.46. The van der Waals surface area contributed by atoms with Crippen LogP contribution in [0.3, 0.4) is 0 Å². The Morgan fingerprint density at radius 2 is 1.91 bits per heavy atom. The number of rotatable bonds is 7. The Morgan fingerprint density at radius 3 is 2.69 bits per heavy atom. The largest absolute Gasteiger partial charge is 0.492 e. The number of nitrogens with two attached hydrogens (primary N) is 1. The Balaban J connectivity index is 1.66. The Morgan fingerprint density at radius 1 is 1.12 bits per heavy atom. The molecule has 9 heteroatoms. The van der Waals surface area contributed by atoms with E-state index >= 15 is 0 Å². The topological polar surface area (TPSA) is 108 Å². The van der Waals surface area contributed by atoms with Gasteiger partial charge in [0.2, 0.25) is 5.95 Å². The first-order valence-electron chi connectivity index (χ1n) is 10.8. The van der Waals surface area contributed by atoms with Crippen LogP contribution in [0.15, 0.2) is 47.4 Å². The molecule has 1 fully saturated rings. The lowest BCUT2D eigenvalue weighted by molar-refractivity contribution is 0.0323. The second-order valence-electron chi connectivity index (χ2n) is 7.88. The van der Waals surface area contributed by atoms with Crippen molar-refractivity contribution in [2.24, 2.45) is 0 Å². The first-order valence-corrected chi connectivity index (χ1v) is 10.8. The van der Waals surface area contributed by atoms with E-state index in [1.807, 2.05) is 38.1 Å². The summed E-state index contributed by atoms with van der Waals surface area (Å²) in [6.07, 6.45) is 1.64. The summed E-state index contributed by atoms with van der Waals surface area (Å²) in [6, 6.07) is 10.8. The zero-order valence-corrected chi connectivity index (χ0v) is 18.4. The fourth-order valence-corrected chi connectivity index (χ4v) is 3.62. The van der Waals surface area contributed by atoms with Gasteiger partial charge < -0.3 is 15.2 Å². The first-order chi connectivity index (χ1) is 15.5. The number of ether oxygens (including phenoxy) is 2. The van der Waals surface area contributed by atoms with Crippen molar-refractivity contribution < 1.29 is 9.47 Å². The minimum atomic E-state index is -0.159. The van der Waals surface area contributed by atoms with Crippen LogP contribution in [-0.2, 0) is 4.74 Å². The summed E-state index contributed by atoms with van der Waals surface area (Å²) in [7, 11) is 0. The van der Waals surface area contributed by atoms with Crippen molar-refractivity contribution in [3.63, 3.8) is 0 Å². The minimum Gasteiger partial charge on any atom is -0.492 e. The van der Waals surface area contributed by atoms with Crippen LogP contribution in [0.1, 0.15) is 19.9 Å². The molecule has 0 spiro atoms. The molecule has 168 valence electrons. The number of morpholine rings is 1. The number of nitrogens with zero attached hydrogens (tertiary/aromatic N) is 5. The third-order valence-corrected chi connectivity index (χ3v) is 5.31. The quantitative estimate of drug-likeness (QED) is 0.601. The number of hydrogen-bond acceptors (Lipinski definition) is 8. The van der Waals surface area contributed by atoms with Crippen molar-refractivity contribution in [1.29, 1.82) is 0 Å². The molecule has 0 atom stereocenters. The molecule has 3 aromatic rings. The van der Waals surface area contributed by atoms with Crippen molar-refractivity contribution in [2.45, 2.75) is 19.9 Å². The summed E-state index contributed by atoms with van der Waals surface area (Å²) >= 11 is 0. The first kappa shape index (κ1) is 21.9. The lowest BCUT2D eigenvalue weighted by Gasteiger charge is -2.26. The molecule has 0 radical (unpaired) electrons. The maximum absolute atomic E-state index is 12.2. The predicted molar refractivity (Wildman–Crippen MR) is 123 cm³/mol. The summed E-state index contributed by atoms with van der Waals surface area (Å²) in [5.74, 6) is 0.862. The van der Waals surface area contributed by atoms with Gasteiger partial charge in [-0.3, -0.25) is 9.69 Å². The third kappa shape index (κ3) is 4.95. The molecule has 2 aromatic heterocycles. The van der Waals surface area contributed by atoms with Crippen LogP contribution in [0.2, 0.25) is 0 Å². The molecule has 1 aromatic carbocycles. The van der Waals surface area contributed by atoms with Gasteiger partial charge in [0.05, 0.1) is 30.6 Å². The van der Waals surface area contributed by atoms with Crippen LogP contribution in [-0.4, -0.2) is 64.1 Å². The maximum Gasteiger partial charge on any atom is 0.267 e. The van der Waals surface area contributed by atoms with Crippen LogP contribution in [0.5, 0.6) is 5.75 Å². The van der Waals surface area contributed by atoms with Crippen LogP contribution >= 0.6 is 0 Å². The number of benzene rings is 1. The normalized spacial score (nSPS) is 14.6. The van der Waals surface area contributed by atoms with E-state index in [4.69, 9.17) is 15.2 Å². The molecule has 1 saturated heterocycles. The van der Waals surface area contributed by atoms with Gasteiger partial charge >= 0.3 is 0 Å². The van der Waals surface area contributed by atoms with Crippen LogP contribution in [0, 0.1) is 0 Å². The monoisotopic (exact) mass is 436 g/mol. The van der Waals surface area contributed by atoms with Gasteiger partial charge in [0, 0.05) is 43.0 Å². The average molecular weight is 437 g/mol. The smallest absolute Gasteiger partial charge is 0.267 e. The molecular weight excluding hydrogens is 408 g/mol. The van der Waals surface area contributed by atoms with Crippen molar-refractivity contribution in [2.75, 3.05) is 45.2 Å². The highest BCUT2D eigenvalue weighted by Crippen LogP contribution is 2.35. The molecule has 3 heterocycles. The van der Waals surface area contributed by atoms with Crippen molar-refractivity contribution in [3.8, 4) is 28.3 Å². The molecule has 2 N–H and O–H groups in total. The number of aromatic nitrogens is 4. The molecular formula is C23H28N6O3. The summed E-state index contributed by atoms with van der Waals surface area (Å²) in [5, 5.41) is 4.53. The summed E-state index contributed by atoms with van der Waals surface area (Å²) < 4.78 is 13.0. The molecule has 32 heavy (non-hydrogen) atoms. The van der Waals surface area contributed by atoms with Gasteiger partial charge in [-0.2, -0.15) is 5.10 Å². The van der Waals surface area contributed by atoms with Crippen LogP contribution < -0.4 is 16.0 Å². The molecule has 0 aliphatic carbocycles. The Hall–Kier alpha value is -3.30. The van der Waals surface area contributed by atoms with E-state index in [-0.39, 0.29) is 17.5 Å². The van der Waals surface area contributed by atoms with E-state index in [1.54, 1.807) is 12.3 Å². The molecule has 1 aliphatic heterocycles. The van der Waals surface area contributed by atoms with Crippen LogP contribution in [0.25, 0.3) is 22.5 Å². The average Bonchev–Trinajstić information content (AvgIpc) is 2.80. The standard InChI is InChI=1S/C23H28N6O3/c1-16(2)29-21(30)8-7-19(27-29)18-15-25-23(24)26-22(18)17-5-3-4-6-20(17)32-14-11-28-9-12-31-13-10-28/h3-8,15-16H,9-14H2,1-2H3,(H2,24,25,26). The number of hydrogen-bond donors (Lipinski definition) is 1. The SMILES string of the molecule is CC(C)n1nc(-c2cnc(N)nc2-c2ccccc2OCCN2CCOCC2)ccc1=O. The molecule has 0 unspecified atom stereocenters. The van der Waals surface area contributed by atoms with Gasteiger partial charge in [-0.25, -0.2) is 14.6 Å². The zero-order valence-electron chi connectivity index (χ0n) is 18.4. The fraction of sp³-hybridized carbons (Fsp3) is 0.391. The molecule has 0 saturated carbocycles. The minimum absolute atomic E-state index is 0.0728. The van der Waals surface area contributed by atoms with Gasteiger partial charge in [0.15, 0.2) is 0 Å². The second-order valence-corrected chi connectivity index (χ2v) is 7.88. The van der Waals surface area contributed by atoms with Crippen LogP contribution in [0.4, 0.5) is 5.95 Å². The van der Waals surface area contributed by atoms with E-state index in [0.717, 1.165) is 38.4 Å². The maximum atomic E-state index is 12.2.